The summed E-state index contributed by atoms with van der Waals surface area (Å²) in [6, 6.07) is 37.5. The van der Waals surface area contributed by atoms with Crippen molar-refractivity contribution >= 4 is 35.1 Å². The van der Waals surface area contributed by atoms with Gasteiger partial charge in [-0.05, 0) is 76.4 Å². The van der Waals surface area contributed by atoms with E-state index in [4.69, 9.17) is 14.7 Å². The lowest BCUT2D eigenvalue weighted by Gasteiger charge is -2.28. The third-order valence-electron chi connectivity index (χ3n) is 12.0. The Labute approximate surface area is 377 Å². The van der Waals surface area contributed by atoms with Crippen LogP contribution in [0.3, 0.4) is 0 Å². The number of benzene rings is 5. The Bertz CT molecular complexity index is 2740. The zero-order valence-electron chi connectivity index (χ0n) is 36.6. The number of carbonyl (C=O) groups excluding carboxylic acids is 4. The Morgan fingerprint density at radius 2 is 1.09 bits per heavy atom. The highest BCUT2D eigenvalue weighted by molar-refractivity contribution is 5.91. The van der Waals surface area contributed by atoms with Crippen LogP contribution in [0.25, 0.3) is 44.4 Å². The molecule has 2 fully saturated rings. The van der Waals surface area contributed by atoms with Crippen LogP contribution < -0.4 is 10.6 Å². The number of hydrogen-bond acceptors (Lipinski definition) is 8. The minimum Gasteiger partial charge on any atom is -0.453 e. The van der Waals surface area contributed by atoms with Gasteiger partial charge in [0.2, 0.25) is 12.3 Å². The number of H-pyrrole nitrogens is 2. The molecular formula is C51H52N8O6. The van der Waals surface area contributed by atoms with Crippen molar-refractivity contribution in [3.05, 3.63) is 156 Å². The first-order valence-corrected chi connectivity index (χ1v) is 21.7. The molecule has 2 aromatic heterocycles. The van der Waals surface area contributed by atoms with Crippen LogP contribution in [-0.2, 0) is 23.9 Å². The van der Waals surface area contributed by atoms with Gasteiger partial charge in [-0.15, -0.1) is 0 Å². The van der Waals surface area contributed by atoms with Crippen molar-refractivity contribution in [2.24, 2.45) is 0 Å². The average molecular weight is 873 g/mol. The smallest absolute Gasteiger partial charge is 0.407 e. The van der Waals surface area contributed by atoms with E-state index >= 15 is 0 Å². The number of alkyl carbamates (subject to hydrolysis) is 1. The zero-order valence-corrected chi connectivity index (χ0v) is 36.6. The van der Waals surface area contributed by atoms with Gasteiger partial charge in [0.25, 0.3) is 5.91 Å². The molecule has 0 spiro atoms. The highest BCUT2D eigenvalue weighted by atomic mass is 16.5. The van der Waals surface area contributed by atoms with Crippen LogP contribution in [0.4, 0.5) is 4.79 Å². The molecule has 9 rings (SSSR count). The van der Waals surface area contributed by atoms with Gasteiger partial charge in [-0.3, -0.25) is 14.4 Å². The zero-order chi connectivity index (χ0) is 45.3. The van der Waals surface area contributed by atoms with Gasteiger partial charge in [-0.2, -0.15) is 0 Å². The normalized spacial score (nSPS) is 16.6. The van der Waals surface area contributed by atoms with Crippen LogP contribution in [0.2, 0.25) is 0 Å². The second-order valence-electron chi connectivity index (χ2n) is 16.1. The maximum atomic E-state index is 13.9. The number of nitrogens with one attached hydrogen (secondary N) is 4. The lowest BCUT2D eigenvalue weighted by Crippen LogP contribution is -2.42. The number of imidazole rings is 2. The van der Waals surface area contributed by atoms with Crippen molar-refractivity contribution in [1.82, 2.24) is 40.4 Å². The summed E-state index contributed by atoms with van der Waals surface area (Å²) in [6.07, 6.45) is 6.74. The number of nitrogens with zero attached hydrogens (tertiary/aromatic N) is 4. The fourth-order valence-electron chi connectivity index (χ4n) is 8.84. The van der Waals surface area contributed by atoms with Gasteiger partial charge in [0.05, 0.1) is 43.0 Å². The summed E-state index contributed by atoms with van der Waals surface area (Å²) in [7, 11) is 4.53. The molecule has 0 bridgehead atoms. The molecule has 7 aromatic rings. The summed E-state index contributed by atoms with van der Waals surface area (Å²) in [5, 5.41) is 7.61. The van der Waals surface area contributed by atoms with E-state index in [1.165, 1.54) is 7.11 Å². The summed E-state index contributed by atoms with van der Waals surface area (Å²) in [6.45, 7) is 1.15. The number of carbonyl (C=O) groups is 4. The number of methoxy groups -OCH3 is 2. The maximum Gasteiger partial charge on any atom is 0.407 e. The number of aromatic amines is 2. The summed E-state index contributed by atoms with van der Waals surface area (Å²) >= 11 is 0. The van der Waals surface area contributed by atoms with Gasteiger partial charge < -0.3 is 39.9 Å². The molecule has 14 nitrogen and oxygen atoms in total. The number of likely N-dealkylation sites (tertiary alicyclic amines) is 2. The quantitative estimate of drug-likeness (QED) is 0.0885. The standard InChI is InChI=1S/C49H46N8O5.C2H6O/c1-62-49(61)55-44(34-12-6-3-7-13-34)48(60)57-25-9-15-42(57)46-51-29-40(54-46)38-23-22-36-26-35(20-21-37(36)27-38)31-16-18-32(19-17-31)39-28-50-45(53-39)41-14-8-24-56(41)47(59)43(52-30-58)33-10-4-2-5-11-33;1-3-2/h2-7,10-13,16-23,26-30,41-44H,8-9,14-15,24-25H2,1H3,(H,50,53)(H,51,54)(H,52,58)(H,55,61);1-2H3. The van der Waals surface area contributed by atoms with Crippen molar-refractivity contribution in [1.29, 1.82) is 0 Å². The molecule has 0 aliphatic carbocycles. The molecule has 4 unspecified atom stereocenters. The van der Waals surface area contributed by atoms with Gasteiger partial charge >= 0.3 is 6.09 Å². The number of rotatable bonds is 12. The molecule has 0 saturated carbocycles. The topological polar surface area (TPSA) is 175 Å². The number of aromatic nitrogens is 4. The van der Waals surface area contributed by atoms with Gasteiger partial charge in [-0.25, -0.2) is 14.8 Å². The van der Waals surface area contributed by atoms with E-state index in [0.717, 1.165) is 81.5 Å². The molecule has 2 saturated heterocycles. The third-order valence-corrected chi connectivity index (χ3v) is 12.0. The van der Waals surface area contributed by atoms with Crippen molar-refractivity contribution in [2.75, 3.05) is 34.4 Å². The van der Waals surface area contributed by atoms with E-state index in [9.17, 15) is 19.2 Å². The predicted molar refractivity (Wildman–Crippen MR) is 248 cm³/mol. The Hall–Kier alpha value is -7.58. The van der Waals surface area contributed by atoms with Crippen molar-refractivity contribution in [3.8, 4) is 33.6 Å². The first-order valence-electron chi connectivity index (χ1n) is 21.7. The first kappa shape index (κ1) is 44.0. The Morgan fingerprint density at radius 3 is 1.63 bits per heavy atom. The highest BCUT2D eigenvalue weighted by Crippen LogP contribution is 2.37. The molecule has 332 valence electrons. The molecule has 5 aromatic carbocycles. The van der Waals surface area contributed by atoms with Gasteiger partial charge in [0.15, 0.2) is 0 Å². The van der Waals surface area contributed by atoms with E-state index < -0.39 is 18.2 Å². The second-order valence-corrected chi connectivity index (χ2v) is 16.1. The molecule has 65 heavy (non-hydrogen) atoms. The van der Waals surface area contributed by atoms with Gasteiger partial charge in [0, 0.05) is 32.9 Å². The highest BCUT2D eigenvalue weighted by Gasteiger charge is 2.38. The summed E-state index contributed by atoms with van der Waals surface area (Å²) < 4.78 is 9.09. The van der Waals surface area contributed by atoms with Gasteiger partial charge in [-0.1, -0.05) is 109 Å². The SMILES string of the molecule is COC.COC(=O)NC(C(=O)N1CCCC1c1ncc(-c2ccc3cc(-c4ccc(-c5cnc(C6CCCN6C(=O)C(NC=O)c6ccccc6)[nH]5)cc4)ccc3c2)[nH]1)c1ccccc1. The van der Waals surface area contributed by atoms with Crippen LogP contribution in [0.1, 0.15) is 72.6 Å². The molecule has 4 heterocycles. The lowest BCUT2D eigenvalue weighted by atomic mass is 9.98. The van der Waals surface area contributed by atoms with E-state index in [0.29, 0.717) is 30.9 Å². The van der Waals surface area contributed by atoms with E-state index in [1.54, 1.807) is 19.1 Å². The van der Waals surface area contributed by atoms with E-state index in [1.807, 2.05) is 78.0 Å². The summed E-state index contributed by atoms with van der Waals surface area (Å²) in [4.78, 5) is 71.4. The molecule has 14 heteroatoms. The Balaban J connectivity index is 0.00000187. The average Bonchev–Trinajstić information content (AvgIpc) is 4.20. The first-order chi connectivity index (χ1) is 31.8. The third kappa shape index (κ3) is 9.67. The monoisotopic (exact) mass is 872 g/mol. The van der Waals surface area contributed by atoms with E-state index in [2.05, 4.69) is 86.0 Å². The van der Waals surface area contributed by atoms with E-state index in [-0.39, 0.29) is 23.9 Å². The van der Waals surface area contributed by atoms with Crippen molar-refractivity contribution in [3.63, 3.8) is 0 Å². The molecular weight excluding hydrogens is 821 g/mol. The Morgan fingerprint density at radius 1 is 0.631 bits per heavy atom. The van der Waals surface area contributed by atoms with Crippen LogP contribution in [0.5, 0.6) is 0 Å². The van der Waals surface area contributed by atoms with Crippen LogP contribution in [-0.4, -0.2) is 88.5 Å². The molecule has 4 amide bonds. The minimum atomic E-state index is -0.881. The molecule has 2 aliphatic rings. The summed E-state index contributed by atoms with van der Waals surface area (Å²) in [5.41, 5.74) is 7.27. The number of ether oxygens (including phenoxy) is 2. The van der Waals surface area contributed by atoms with Crippen LogP contribution in [0, 0.1) is 0 Å². The summed E-state index contributed by atoms with van der Waals surface area (Å²) in [5.74, 6) is 1.07. The lowest BCUT2D eigenvalue weighted by molar-refractivity contribution is -0.136. The predicted octanol–water partition coefficient (Wildman–Crippen LogP) is 8.46. The molecule has 4 N–H and O–H groups in total. The molecule has 0 radical (unpaired) electrons. The Kier molecular flexibility index (Phi) is 13.7. The van der Waals surface area contributed by atoms with Crippen LogP contribution >= 0.6 is 0 Å². The second kappa shape index (κ2) is 20.3. The van der Waals surface area contributed by atoms with Gasteiger partial charge in [0.1, 0.15) is 23.7 Å². The van der Waals surface area contributed by atoms with Crippen molar-refractivity contribution < 1.29 is 28.7 Å². The molecule has 2 aliphatic heterocycles. The molecule has 4 atom stereocenters. The fraction of sp³-hybridized carbons (Fsp3) is 0.255. The minimum absolute atomic E-state index is 0.151. The number of fused-ring (bicyclic) bond motifs is 1. The van der Waals surface area contributed by atoms with Crippen molar-refractivity contribution in [2.45, 2.75) is 49.9 Å². The van der Waals surface area contributed by atoms with Crippen LogP contribution in [0.15, 0.2) is 134 Å². The largest absolute Gasteiger partial charge is 0.453 e. The fourth-order valence-corrected chi connectivity index (χ4v) is 8.84. The maximum absolute atomic E-state index is 13.9. The number of hydrogen-bond donors (Lipinski definition) is 4. The number of amides is 4.